The van der Waals surface area contributed by atoms with E-state index in [1.165, 1.54) is 24.1 Å². The van der Waals surface area contributed by atoms with Gasteiger partial charge in [0.1, 0.15) is 0 Å². The molecule has 1 N–H and O–H groups in total. The highest BCUT2D eigenvalue weighted by Gasteiger charge is 2.40. The van der Waals surface area contributed by atoms with Gasteiger partial charge in [-0.1, -0.05) is 49.9 Å². The maximum atomic E-state index is 13.5. The number of hydrogen-bond donors (Lipinski definition) is 1. The fourth-order valence-electron chi connectivity index (χ4n) is 4.41. The van der Waals surface area contributed by atoms with Crippen LogP contribution < -0.4 is 10.1 Å². The molecule has 1 fully saturated rings. The molecular weight excluding hydrogens is 531 g/mol. The van der Waals surface area contributed by atoms with Crippen LogP contribution in [0.15, 0.2) is 77.9 Å². The summed E-state index contributed by atoms with van der Waals surface area (Å²) in [6.45, 7) is 8.04. The number of methoxy groups -OCH3 is 1. The Morgan fingerprint density at radius 2 is 1.92 bits per heavy atom. The SMILES string of the molecule is C=C(/C=C\C=C/C)C1CN(C(=O)NCc2ccc(S(=O)(=O)CC)cc2)CC1c1cc(C(F)(F)F)cnc1OC. The van der Waals surface area contributed by atoms with Crippen molar-refractivity contribution in [2.45, 2.75) is 37.4 Å². The van der Waals surface area contributed by atoms with Crippen molar-refractivity contribution in [2.75, 3.05) is 26.0 Å². The molecule has 7 nitrogen and oxygen atoms in total. The number of carbonyl (C=O) groups excluding carboxylic acids is 1. The van der Waals surface area contributed by atoms with E-state index in [4.69, 9.17) is 4.74 Å². The first-order chi connectivity index (χ1) is 18.4. The molecule has 210 valence electrons. The van der Waals surface area contributed by atoms with E-state index < -0.39 is 33.5 Å². The maximum Gasteiger partial charge on any atom is 0.417 e. The first-order valence-corrected chi connectivity index (χ1v) is 14.0. The Hall–Kier alpha value is -3.60. The van der Waals surface area contributed by atoms with Gasteiger partial charge in [-0.3, -0.25) is 0 Å². The van der Waals surface area contributed by atoms with E-state index in [2.05, 4.69) is 16.9 Å². The summed E-state index contributed by atoms with van der Waals surface area (Å²) >= 11 is 0. The summed E-state index contributed by atoms with van der Waals surface area (Å²) in [5.41, 5.74) is 0.707. The number of benzene rings is 1. The monoisotopic (exact) mass is 563 g/mol. The minimum Gasteiger partial charge on any atom is -0.481 e. The number of nitrogens with one attached hydrogen (secondary N) is 1. The molecule has 2 unspecified atom stereocenters. The number of hydrogen-bond acceptors (Lipinski definition) is 5. The second-order valence-electron chi connectivity index (χ2n) is 9.10. The molecule has 3 rings (SSSR count). The highest BCUT2D eigenvalue weighted by Crippen LogP contribution is 2.42. The lowest BCUT2D eigenvalue weighted by atomic mass is 9.84. The van der Waals surface area contributed by atoms with Gasteiger partial charge in [-0.25, -0.2) is 18.2 Å². The summed E-state index contributed by atoms with van der Waals surface area (Å²) in [5.74, 6) is -0.869. The third-order valence-corrected chi connectivity index (χ3v) is 8.35. The van der Waals surface area contributed by atoms with Crippen molar-refractivity contribution in [1.82, 2.24) is 15.2 Å². The Bertz CT molecular complexity index is 1350. The van der Waals surface area contributed by atoms with E-state index in [1.54, 1.807) is 31.2 Å². The minimum atomic E-state index is -4.59. The molecule has 0 bridgehead atoms. The van der Waals surface area contributed by atoms with Crippen molar-refractivity contribution in [2.24, 2.45) is 5.92 Å². The standard InChI is InChI=1S/C28H32F3N3O4S/c1-5-7-8-9-19(3)24-17-34(18-25(24)23-14-21(28(29,30)31)16-32-26(23)38-4)27(35)33-15-20-10-12-22(13-11-20)39(36,37)6-2/h5,7-14,16,24-25H,3,6,15,17-18H2,1-2,4H3,(H,33,35)/b7-5-,9-8-. The number of halogens is 3. The molecule has 0 radical (unpaired) electrons. The maximum absolute atomic E-state index is 13.5. The number of pyridine rings is 1. The zero-order valence-corrected chi connectivity index (χ0v) is 22.8. The predicted molar refractivity (Wildman–Crippen MR) is 143 cm³/mol. The van der Waals surface area contributed by atoms with Gasteiger partial charge in [0.25, 0.3) is 0 Å². The Labute approximate surface area is 227 Å². The van der Waals surface area contributed by atoms with Gasteiger partial charge < -0.3 is 15.0 Å². The van der Waals surface area contributed by atoms with Gasteiger partial charge in [-0.15, -0.1) is 0 Å². The van der Waals surface area contributed by atoms with Crippen molar-refractivity contribution in [1.29, 1.82) is 0 Å². The molecule has 1 aliphatic heterocycles. The normalized spacial score (nSPS) is 18.2. The van der Waals surface area contributed by atoms with Crippen molar-refractivity contribution in [3.63, 3.8) is 0 Å². The van der Waals surface area contributed by atoms with Gasteiger partial charge in [0.2, 0.25) is 5.88 Å². The number of alkyl halides is 3. The molecule has 0 saturated carbocycles. The molecular formula is C28H32F3N3O4S. The van der Waals surface area contributed by atoms with Gasteiger partial charge >= 0.3 is 12.2 Å². The largest absolute Gasteiger partial charge is 0.481 e. The fraction of sp³-hybridized carbons (Fsp3) is 0.357. The van der Waals surface area contributed by atoms with Gasteiger partial charge in [0, 0.05) is 43.2 Å². The zero-order chi connectivity index (χ0) is 28.8. The van der Waals surface area contributed by atoms with Crippen LogP contribution in [0.5, 0.6) is 5.88 Å². The number of amides is 2. The molecule has 11 heteroatoms. The number of allylic oxidation sites excluding steroid dienone is 4. The number of ether oxygens (including phenoxy) is 1. The van der Waals surface area contributed by atoms with Crippen LogP contribution >= 0.6 is 0 Å². The molecule has 2 atom stereocenters. The summed E-state index contributed by atoms with van der Waals surface area (Å²) in [5, 5.41) is 2.81. The van der Waals surface area contributed by atoms with Crippen molar-refractivity contribution in [3.8, 4) is 5.88 Å². The third kappa shape index (κ3) is 7.29. The molecule has 2 aromatic rings. The van der Waals surface area contributed by atoms with E-state index in [1.807, 2.05) is 19.1 Å². The van der Waals surface area contributed by atoms with Crippen LogP contribution in [-0.4, -0.2) is 50.3 Å². The highest BCUT2D eigenvalue weighted by molar-refractivity contribution is 7.91. The fourth-order valence-corrected chi connectivity index (χ4v) is 5.29. The molecule has 2 amide bonds. The lowest BCUT2D eigenvalue weighted by Gasteiger charge is -2.21. The topological polar surface area (TPSA) is 88.6 Å². The van der Waals surface area contributed by atoms with Crippen LogP contribution in [0.1, 0.15) is 36.5 Å². The number of likely N-dealkylation sites (tertiary alicyclic amines) is 1. The lowest BCUT2D eigenvalue weighted by molar-refractivity contribution is -0.137. The van der Waals surface area contributed by atoms with Crippen LogP contribution in [-0.2, 0) is 22.6 Å². The van der Waals surface area contributed by atoms with Gasteiger partial charge in [0.05, 0.1) is 23.3 Å². The summed E-state index contributed by atoms with van der Waals surface area (Å²) in [7, 11) is -1.99. The minimum absolute atomic E-state index is 0.0121. The summed E-state index contributed by atoms with van der Waals surface area (Å²) < 4.78 is 69.9. The van der Waals surface area contributed by atoms with Crippen LogP contribution in [0.2, 0.25) is 0 Å². The number of sulfone groups is 1. The van der Waals surface area contributed by atoms with Crippen LogP contribution in [0.4, 0.5) is 18.0 Å². The Morgan fingerprint density at radius 3 is 2.51 bits per heavy atom. The van der Waals surface area contributed by atoms with Crippen molar-refractivity contribution in [3.05, 3.63) is 89.7 Å². The second kappa shape index (κ2) is 12.5. The molecule has 2 heterocycles. The molecule has 0 spiro atoms. The highest BCUT2D eigenvalue weighted by atomic mass is 32.2. The Morgan fingerprint density at radius 1 is 1.23 bits per heavy atom. The number of nitrogens with zero attached hydrogens (tertiary/aromatic N) is 2. The molecule has 39 heavy (non-hydrogen) atoms. The quantitative estimate of drug-likeness (QED) is 0.406. The summed E-state index contributed by atoms with van der Waals surface area (Å²) in [6.07, 6.45) is 3.34. The van der Waals surface area contributed by atoms with Crippen molar-refractivity contribution < 1.29 is 31.1 Å². The van der Waals surface area contributed by atoms with Gasteiger partial charge in [-0.05, 0) is 36.3 Å². The predicted octanol–water partition coefficient (Wildman–Crippen LogP) is 5.52. The average molecular weight is 564 g/mol. The molecule has 0 aliphatic carbocycles. The molecule has 1 aromatic heterocycles. The van der Waals surface area contributed by atoms with E-state index in [-0.39, 0.29) is 47.6 Å². The molecule has 1 saturated heterocycles. The van der Waals surface area contributed by atoms with E-state index in [0.29, 0.717) is 11.1 Å². The van der Waals surface area contributed by atoms with Crippen molar-refractivity contribution >= 4 is 15.9 Å². The number of rotatable bonds is 9. The van der Waals surface area contributed by atoms with E-state index >= 15 is 0 Å². The number of aromatic nitrogens is 1. The first-order valence-electron chi connectivity index (χ1n) is 12.3. The smallest absolute Gasteiger partial charge is 0.417 e. The Balaban J connectivity index is 1.84. The Kier molecular flexibility index (Phi) is 9.60. The summed E-state index contributed by atoms with van der Waals surface area (Å²) in [4.78, 5) is 18.7. The van der Waals surface area contributed by atoms with Crippen LogP contribution in [0, 0.1) is 5.92 Å². The van der Waals surface area contributed by atoms with Gasteiger partial charge in [-0.2, -0.15) is 13.2 Å². The summed E-state index contributed by atoms with van der Waals surface area (Å²) in [6, 6.07) is 6.88. The van der Waals surface area contributed by atoms with Gasteiger partial charge in [0.15, 0.2) is 9.84 Å². The second-order valence-corrected chi connectivity index (χ2v) is 11.4. The third-order valence-electron chi connectivity index (χ3n) is 6.60. The number of carbonyl (C=O) groups is 1. The lowest BCUT2D eigenvalue weighted by Crippen LogP contribution is -2.38. The first kappa shape index (κ1) is 29.9. The average Bonchev–Trinajstić information content (AvgIpc) is 3.37. The molecule has 1 aromatic carbocycles. The zero-order valence-electron chi connectivity index (χ0n) is 22.0. The molecule has 1 aliphatic rings. The number of urea groups is 1. The van der Waals surface area contributed by atoms with E-state index in [9.17, 15) is 26.4 Å². The van der Waals surface area contributed by atoms with E-state index in [0.717, 1.165) is 12.3 Å². The van der Waals surface area contributed by atoms with Crippen LogP contribution in [0.3, 0.4) is 0 Å². The van der Waals surface area contributed by atoms with Crippen LogP contribution in [0.25, 0.3) is 0 Å².